The van der Waals surface area contributed by atoms with E-state index < -0.39 is 0 Å². The average Bonchev–Trinajstić information content (AvgIpc) is 3.50. The molecule has 35 heavy (non-hydrogen) atoms. The minimum Gasteiger partial charge on any atom is -0.496 e. The maximum Gasteiger partial charge on any atom is 0.225 e. The summed E-state index contributed by atoms with van der Waals surface area (Å²) >= 11 is 12.9. The lowest BCUT2D eigenvalue weighted by molar-refractivity contribution is 0.416. The van der Waals surface area contributed by atoms with E-state index in [1.165, 1.54) is 5.56 Å². The molecule has 1 N–H and O–H groups in total. The van der Waals surface area contributed by atoms with Gasteiger partial charge in [0.1, 0.15) is 17.3 Å². The highest BCUT2D eigenvalue weighted by atomic mass is 35.5. The van der Waals surface area contributed by atoms with Gasteiger partial charge in [-0.3, -0.25) is 4.57 Å². The predicted molar refractivity (Wildman–Crippen MR) is 138 cm³/mol. The Labute approximate surface area is 212 Å². The molecule has 0 amide bonds. The Morgan fingerprint density at radius 3 is 2.31 bits per heavy atom. The largest absolute Gasteiger partial charge is 0.496 e. The van der Waals surface area contributed by atoms with Gasteiger partial charge in [0.2, 0.25) is 5.82 Å². The van der Waals surface area contributed by atoms with Crippen molar-refractivity contribution in [1.29, 1.82) is 0 Å². The number of benzene rings is 3. The number of aryl methyl sites for hydroxylation is 3. The van der Waals surface area contributed by atoms with Crippen LogP contribution in [0.25, 0.3) is 39.9 Å². The second kappa shape index (κ2) is 9.17. The van der Waals surface area contributed by atoms with Gasteiger partial charge >= 0.3 is 0 Å². The molecule has 176 valence electrons. The van der Waals surface area contributed by atoms with Crippen LogP contribution >= 0.6 is 23.2 Å². The van der Waals surface area contributed by atoms with Crippen LogP contribution in [-0.2, 0) is 0 Å². The lowest BCUT2D eigenvalue weighted by atomic mass is 10.0. The zero-order valence-corrected chi connectivity index (χ0v) is 21.1. The summed E-state index contributed by atoms with van der Waals surface area (Å²) in [5.74, 6) is 1.69. The van der Waals surface area contributed by atoms with Crippen molar-refractivity contribution < 1.29 is 4.74 Å². The van der Waals surface area contributed by atoms with E-state index in [2.05, 4.69) is 57.2 Å². The molecule has 0 saturated carbocycles. The molecule has 2 aromatic heterocycles. The molecule has 0 bridgehead atoms. The molecular weight excluding hydrogens is 483 g/mol. The van der Waals surface area contributed by atoms with Gasteiger partial charge in [0, 0.05) is 21.2 Å². The molecule has 2 heterocycles. The molecule has 5 aromatic rings. The van der Waals surface area contributed by atoms with Crippen molar-refractivity contribution in [2.24, 2.45) is 0 Å². The van der Waals surface area contributed by atoms with Crippen molar-refractivity contribution in [3.05, 3.63) is 81.3 Å². The summed E-state index contributed by atoms with van der Waals surface area (Å²) in [6, 6.07) is 17.5. The number of tetrazole rings is 1. The SMILES string of the molecule is COc1ccc(Cl)cc1-c1c(-c2nn[nH]n2)nc(-c2ccc(C)c(C)c2)n1-c1cc(Cl)ccc1C. The third-order valence-electron chi connectivity index (χ3n) is 6.03. The fourth-order valence-corrected chi connectivity index (χ4v) is 4.42. The number of aromatic nitrogens is 6. The highest BCUT2D eigenvalue weighted by Crippen LogP contribution is 2.43. The van der Waals surface area contributed by atoms with Gasteiger partial charge in [-0.1, -0.05) is 41.4 Å². The smallest absolute Gasteiger partial charge is 0.225 e. The van der Waals surface area contributed by atoms with Crippen LogP contribution in [0.15, 0.2) is 54.6 Å². The van der Waals surface area contributed by atoms with E-state index in [4.69, 9.17) is 32.9 Å². The molecule has 7 nitrogen and oxygen atoms in total. The van der Waals surface area contributed by atoms with Crippen molar-refractivity contribution in [2.75, 3.05) is 7.11 Å². The van der Waals surface area contributed by atoms with Crippen LogP contribution in [0.4, 0.5) is 0 Å². The first-order valence-electron chi connectivity index (χ1n) is 10.9. The molecule has 0 saturated heterocycles. The Morgan fingerprint density at radius 1 is 0.857 bits per heavy atom. The van der Waals surface area contributed by atoms with Crippen molar-refractivity contribution in [1.82, 2.24) is 30.2 Å². The number of halogens is 2. The lowest BCUT2D eigenvalue weighted by Gasteiger charge is -2.18. The molecule has 0 atom stereocenters. The Balaban J connectivity index is 1.96. The Morgan fingerprint density at radius 2 is 1.60 bits per heavy atom. The van der Waals surface area contributed by atoms with E-state index in [0.29, 0.717) is 38.8 Å². The Bertz CT molecular complexity index is 1540. The molecule has 3 aromatic carbocycles. The van der Waals surface area contributed by atoms with E-state index in [1.54, 1.807) is 13.2 Å². The Hall–Kier alpha value is -3.68. The summed E-state index contributed by atoms with van der Waals surface area (Å²) in [6.07, 6.45) is 0. The molecular formula is C26H22Cl2N6O. The second-order valence-electron chi connectivity index (χ2n) is 8.28. The molecule has 5 rings (SSSR count). The lowest BCUT2D eigenvalue weighted by Crippen LogP contribution is -2.04. The molecule has 0 spiro atoms. The van der Waals surface area contributed by atoms with Gasteiger partial charge < -0.3 is 4.74 Å². The quantitative estimate of drug-likeness (QED) is 0.290. The van der Waals surface area contributed by atoms with Crippen molar-refractivity contribution in [3.8, 4) is 45.6 Å². The van der Waals surface area contributed by atoms with Crippen LogP contribution < -0.4 is 4.74 Å². The fourth-order valence-electron chi connectivity index (χ4n) is 4.08. The number of aromatic amines is 1. The zero-order chi connectivity index (χ0) is 24.7. The maximum atomic E-state index is 6.48. The first kappa shape index (κ1) is 23.1. The number of methoxy groups -OCH3 is 1. The van der Waals surface area contributed by atoms with Crippen LogP contribution in [0, 0.1) is 20.8 Å². The van der Waals surface area contributed by atoms with Crippen molar-refractivity contribution >= 4 is 23.2 Å². The first-order valence-corrected chi connectivity index (χ1v) is 11.7. The molecule has 0 aliphatic heterocycles. The Kier molecular flexibility index (Phi) is 6.05. The standard InChI is InChI=1S/C26H22Cl2N6O/c1-14-5-7-17(11-16(14)3)26-29-23(25-30-32-33-31-25)24(20-12-18(27)9-10-22(20)35-4)34(26)21-13-19(28)8-6-15(21)2/h5-13H,1-4H3,(H,30,31,32,33). The number of rotatable bonds is 5. The predicted octanol–water partition coefficient (Wildman–Crippen LogP) is 6.63. The van der Waals surface area contributed by atoms with Gasteiger partial charge in [-0.15, -0.1) is 10.2 Å². The fraction of sp³-hybridized carbons (Fsp3) is 0.154. The highest BCUT2D eigenvalue weighted by molar-refractivity contribution is 6.31. The number of imidazole rings is 1. The number of nitrogens with one attached hydrogen (secondary N) is 1. The number of ether oxygens (including phenoxy) is 1. The molecule has 0 radical (unpaired) electrons. The summed E-state index contributed by atoms with van der Waals surface area (Å²) in [6.45, 7) is 6.19. The van der Waals surface area contributed by atoms with Crippen molar-refractivity contribution in [2.45, 2.75) is 20.8 Å². The van der Waals surface area contributed by atoms with Gasteiger partial charge in [0.05, 0.1) is 18.5 Å². The van der Waals surface area contributed by atoms with Crippen LogP contribution in [0.2, 0.25) is 10.0 Å². The third-order valence-corrected chi connectivity index (χ3v) is 6.50. The second-order valence-corrected chi connectivity index (χ2v) is 9.15. The third kappa shape index (κ3) is 4.17. The van der Waals surface area contributed by atoms with Gasteiger partial charge in [-0.05, 0) is 79.1 Å². The highest BCUT2D eigenvalue weighted by Gasteiger charge is 2.27. The zero-order valence-electron chi connectivity index (χ0n) is 19.6. The minimum atomic E-state index is 0.352. The van der Waals surface area contributed by atoms with Gasteiger partial charge in [-0.25, -0.2) is 4.98 Å². The van der Waals surface area contributed by atoms with Crippen LogP contribution in [0.5, 0.6) is 5.75 Å². The molecule has 0 aliphatic rings. The number of hydrogen-bond donors (Lipinski definition) is 1. The summed E-state index contributed by atoms with van der Waals surface area (Å²) in [5.41, 5.74) is 7.15. The van der Waals surface area contributed by atoms with E-state index in [-0.39, 0.29) is 0 Å². The van der Waals surface area contributed by atoms with Crippen LogP contribution in [0.1, 0.15) is 16.7 Å². The summed E-state index contributed by atoms with van der Waals surface area (Å²) < 4.78 is 7.79. The number of nitrogens with zero attached hydrogens (tertiary/aromatic N) is 5. The van der Waals surface area contributed by atoms with E-state index in [0.717, 1.165) is 27.9 Å². The van der Waals surface area contributed by atoms with Crippen LogP contribution in [-0.4, -0.2) is 37.3 Å². The summed E-state index contributed by atoms with van der Waals surface area (Å²) in [4.78, 5) is 5.06. The van der Waals surface area contributed by atoms with Gasteiger partial charge in [0.15, 0.2) is 0 Å². The molecule has 0 fully saturated rings. The molecule has 9 heteroatoms. The van der Waals surface area contributed by atoms with Crippen molar-refractivity contribution in [3.63, 3.8) is 0 Å². The van der Waals surface area contributed by atoms with E-state index in [1.807, 2.05) is 37.3 Å². The number of H-pyrrole nitrogens is 1. The normalized spacial score (nSPS) is 11.1. The number of hydrogen-bond acceptors (Lipinski definition) is 5. The van der Waals surface area contributed by atoms with E-state index >= 15 is 0 Å². The topological polar surface area (TPSA) is 81.5 Å². The average molecular weight is 505 g/mol. The minimum absolute atomic E-state index is 0.352. The molecule has 0 aliphatic carbocycles. The summed E-state index contributed by atoms with van der Waals surface area (Å²) in [7, 11) is 1.62. The summed E-state index contributed by atoms with van der Waals surface area (Å²) in [5, 5.41) is 16.0. The maximum absolute atomic E-state index is 6.48. The monoisotopic (exact) mass is 504 g/mol. The molecule has 0 unspecified atom stereocenters. The van der Waals surface area contributed by atoms with Gasteiger partial charge in [-0.2, -0.15) is 5.21 Å². The van der Waals surface area contributed by atoms with Crippen LogP contribution in [0.3, 0.4) is 0 Å². The van der Waals surface area contributed by atoms with E-state index in [9.17, 15) is 0 Å². The van der Waals surface area contributed by atoms with Gasteiger partial charge in [0.25, 0.3) is 0 Å². The first-order chi connectivity index (χ1) is 16.9.